The molecule has 1 fully saturated rings. The van der Waals surface area contributed by atoms with Crippen LogP contribution in [-0.4, -0.2) is 37.6 Å². The van der Waals surface area contributed by atoms with Crippen molar-refractivity contribution in [3.05, 3.63) is 29.8 Å². The van der Waals surface area contributed by atoms with Crippen molar-refractivity contribution in [1.29, 1.82) is 0 Å². The van der Waals surface area contributed by atoms with Crippen LogP contribution in [0.25, 0.3) is 0 Å². The fourth-order valence-corrected chi connectivity index (χ4v) is 3.14. The van der Waals surface area contributed by atoms with E-state index >= 15 is 0 Å². The van der Waals surface area contributed by atoms with Gasteiger partial charge in [0.1, 0.15) is 0 Å². The zero-order valence-electron chi connectivity index (χ0n) is 10.0. The average molecular weight is 216 g/mol. The molecule has 0 spiro atoms. The number of likely N-dealkylation sites (tertiary alicyclic amines) is 1. The van der Waals surface area contributed by atoms with E-state index in [0.29, 0.717) is 0 Å². The SMILES string of the molecule is CN1CC(N2CCCC2)Cc2ccccc21. The molecule has 1 unspecified atom stereocenters. The first-order valence-corrected chi connectivity index (χ1v) is 6.38. The fraction of sp³-hybridized carbons (Fsp3) is 0.571. The minimum Gasteiger partial charge on any atom is -0.373 e. The molecule has 2 aliphatic rings. The molecule has 0 radical (unpaired) electrons. The van der Waals surface area contributed by atoms with Crippen molar-refractivity contribution in [3.63, 3.8) is 0 Å². The summed E-state index contributed by atoms with van der Waals surface area (Å²) < 4.78 is 0. The summed E-state index contributed by atoms with van der Waals surface area (Å²) >= 11 is 0. The third kappa shape index (κ3) is 1.71. The van der Waals surface area contributed by atoms with Crippen LogP contribution in [0.4, 0.5) is 5.69 Å². The van der Waals surface area contributed by atoms with E-state index in [9.17, 15) is 0 Å². The zero-order chi connectivity index (χ0) is 11.0. The van der Waals surface area contributed by atoms with E-state index in [4.69, 9.17) is 0 Å². The third-order valence-corrected chi connectivity index (χ3v) is 4.00. The first-order valence-electron chi connectivity index (χ1n) is 6.38. The molecule has 2 heterocycles. The highest BCUT2D eigenvalue weighted by molar-refractivity contribution is 5.55. The Kier molecular flexibility index (Phi) is 2.60. The maximum Gasteiger partial charge on any atom is 0.0397 e. The van der Waals surface area contributed by atoms with E-state index in [1.165, 1.54) is 50.1 Å². The number of hydrogen-bond donors (Lipinski definition) is 0. The number of fused-ring (bicyclic) bond motifs is 1. The predicted molar refractivity (Wildman–Crippen MR) is 68.0 cm³/mol. The lowest BCUT2D eigenvalue weighted by molar-refractivity contribution is 0.239. The van der Waals surface area contributed by atoms with E-state index in [1.807, 2.05) is 0 Å². The highest BCUT2D eigenvalue weighted by Crippen LogP contribution is 2.28. The monoisotopic (exact) mass is 216 g/mol. The Hall–Kier alpha value is -1.02. The second kappa shape index (κ2) is 4.10. The maximum atomic E-state index is 2.67. The van der Waals surface area contributed by atoms with Crippen molar-refractivity contribution < 1.29 is 0 Å². The van der Waals surface area contributed by atoms with Crippen LogP contribution in [0, 0.1) is 0 Å². The highest BCUT2D eigenvalue weighted by Gasteiger charge is 2.28. The molecule has 3 rings (SSSR count). The molecule has 0 saturated carbocycles. The summed E-state index contributed by atoms with van der Waals surface area (Å²) in [5.41, 5.74) is 2.95. The Labute approximate surface area is 97.9 Å². The molecule has 0 bridgehead atoms. The van der Waals surface area contributed by atoms with E-state index in [0.717, 1.165) is 6.04 Å². The summed E-state index contributed by atoms with van der Waals surface area (Å²) in [5.74, 6) is 0. The number of benzene rings is 1. The summed E-state index contributed by atoms with van der Waals surface area (Å²) in [6, 6.07) is 9.58. The van der Waals surface area contributed by atoms with Crippen molar-refractivity contribution in [1.82, 2.24) is 4.90 Å². The van der Waals surface area contributed by atoms with Gasteiger partial charge in [-0.1, -0.05) is 18.2 Å². The Morgan fingerprint density at radius 1 is 1.12 bits per heavy atom. The number of hydrogen-bond acceptors (Lipinski definition) is 2. The minimum absolute atomic E-state index is 0.738. The Bertz CT molecular complexity index is 369. The summed E-state index contributed by atoms with van der Waals surface area (Å²) in [7, 11) is 2.22. The normalized spacial score (nSPS) is 25.8. The summed E-state index contributed by atoms with van der Waals surface area (Å²) in [4.78, 5) is 5.09. The van der Waals surface area contributed by atoms with Gasteiger partial charge in [-0.3, -0.25) is 4.90 Å². The number of rotatable bonds is 1. The predicted octanol–water partition coefficient (Wildman–Crippen LogP) is 2.14. The molecule has 2 heteroatoms. The van der Waals surface area contributed by atoms with Gasteiger partial charge in [-0.15, -0.1) is 0 Å². The molecule has 0 aromatic heterocycles. The number of para-hydroxylation sites is 1. The molecule has 86 valence electrons. The van der Waals surface area contributed by atoms with Gasteiger partial charge in [0.15, 0.2) is 0 Å². The quantitative estimate of drug-likeness (QED) is 0.709. The molecule has 0 N–H and O–H groups in total. The number of nitrogens with zero attached hydrogens (tertiary/aromatic N) is 2. The van der Waals surface area contributed by atoms with Crippen LogP contribution in [-0.2, 0) is 6.42 Å². The van der Waals surface area contributed by atoms with Gasteiger partial charge in [0.05, 0.1) is 0 Å². The highest BCUT2D eigenvalue weighted by atomic mass is 15.2. The fourth-order valence-electron chi connectivity index (χ4n) is 3.14. The van der Waals surface area contributed by atoms with Crippen LogP contribution >= 0.6 is 0 Å². The van der Waals surface area contributed by atoms with Crippen LogP contribution in [0.5, 0.6) is 0 Å². The van der Waals surface area contributed by atoms with E-state index in [1.54, 1.807) is 0 Å². The molecule has 1 atom stereocenters. The molecule has 2 nitrogen and oxygen atoms in total. The largest absolute Gasteiger partial charge is 0.373 e. The van der Waals surface area contributed by atoms with Crippen molar-refractivity contribution in [2.45, 2.75) is 25.3 Å². The number of anilines is 1. The van der Waals surface area contributed by atoms with E-state index < -0.39 is 0 Å². The van der Waals surface area contributed by atoms with Gasteiger partial charge < -0.3 is 4.90 Å². The van der Waals surface area contributed by atoms with Gasteiger partial charge in [-0.2, -0.15) is 0 Å². The summed E-state index contributed by atoms with van der Waals surface area (Å²) in [5, 5.41) is 0. The van der Waals surface area contributed by atoms with Crippen LogP contribution in [0.3, 0.4) is 0 Å². The molecule has 2 aliphatic heterocycles. The maximum absolute atomic E-state index is 2.67. The van der Waals surface area contributed by atoms with Crippen LogP contribution in [0.1, 0.15) is 18.4 Å². The van der Waals surface area contributed by atoms with Gasteiger partial charge in [0.2, 0.25) is 0 Å². The molecular weight excluding hydrogens is 196 g/mol. The van der Waals surface area contributed by atoms with E-state index in [2.05, 4.69) is 41.1 Å². The smallest absolute Gasteiger partial charge is 0.0397 e. The zero-order valence-corrected chi connectivity index (χ0v) is 10.0. The summed E-state index contributed by atoms with van der Waals surface area (Å²) in [6.45, 7) is 3.80. The average Bonchev–Trinajstić information content (AvgIpc) is 2.82. The minimum atomic E-state index is 0.738. The lowest BCUT2D eigenvalue weighted by Crippen LogP contribution is -2.46. The summed E-state index contributed by atoms with van der Waals surface area (Å²) in [6.07, 6.45) is 4.02. The first-order chi connectivity index (χ1) is 7.84. The van der Waals surface area contributed by atoms with Crippen molar-refractivity contribution in [3.8, 4) is 0 Å². The molecule has 1 saturated heterocycles. The Morgan fingerprint density at radius 3 is 2.69 bits per heavy atom. The molecule has 0 amide bonds. The molecule has 1 aromatic carbocycles. The van der Waals surface area contributed by atoms with Crippen LogP contribution in [0.15, 0.2) is 24.3 Å². The lowest BCUT2D eigenvalue weighted by Gasteiger charge is -2.38. The lowest BCUT2D eigenvalue weighted by atomic mass is 9.97. The molecule has 0 aliphatic carbocycles. The Balaban J connectivity index is 1.83. The molecular formula is C14H20N2. The van der Waals surface area contributed by atoms with Crippen LogP contribution in [0.2, 0.25) is 0 Å². The van der Waals surface area contributed by atoms with Gasteiger partial charge in [0, 0.05) is 25.3 Å². The van der Waals surface area contributed by atoms with E-state index in [-0.39, 0.29) is 0 Å². The molecule has 16 heavy (non-hydrogen) atoms. The topological polar surface area (TPSA) is 6.48 Å². The second-order valence-electron chi connectivity index (χ2n) is 5.11. The Morgan fingerprint density at radius 2 is 1.88 bits per heavy atom. The number of likely N-dealkylation sites (N-methyl/N-ethyl adjacent to an activating group) is 1. The van der Waals surface area contributed by atoms with Crippen molar-refractivity contribution in [2.75, 3.05) is 31.6 Å². The standard InChI is InChI=1S/C14H20N2/c1-15-11-13(16-8-4-5-9-16)10-12-6-2-3-7-14(12)15/h2-3,6-7,13H,4-5,8-11H2,1H3. The third-order valence-electron chi connectivity index (χ3n) is 4.00. The van der Waals surface area contributed by atoms with Gasteiger partial charge >= 0.3 is 0 Å². The van der Waals surface area contributed by atoms with Gasteiger partial charge in [0.25, 0.3) is 0 Å². The molecule has 1 aromatic rings. The van der Waals surface area contributed by atoms with Crippen molar-refractivity contribution in [2.24, 2.45) is 0 Å². The van der Waals surface area contributed by atoms with Crippen LogP contribution < -0.4 is 4.90 Å². The van der Waals surface area contributed by atoms with Gasteiger partial charge in [-0.05, 0) is 44.0 Å². The second-order valence-corrected chi connectivity index (χ2v) is 5.11. The van der Waals surface area contributed by atoms with Gasteiger partial charge in [-0.25, -0.2) is 0 Å². The first kappa shape index (κ1) is 10.2. The van der Waals surface area contributed by atoms with Crippen molar-refractivity contribution >= 4 is 5.69 Å².